The van der Waals surface area contributed by atoms with Gasteiger partial charge in [0.1, 0.15) is 11.6 Å². The lowest BCUT2D eigenvalue weighted by atomic mass is 10.1. The molecule has 5 nitrogen and oxygen atoms in total. The van der Waals surface area contributed by atoms with E-state index in [9.17, 15) is 13.6 Å². The third-order valence-corrected chi connectivity index (χ3v) is 4.17. The van der Waals surface area contributed by atoms with Crippen LogP contribution < -0.4 is 4.90 Å². The van der Waals surface area contributed by atoms with Gasteiger partial charge in [-0.25, -0.2) is 8.78 Å². The number of hydrogen-bond acceptors (Lipinski definition) is 4. The Morgan fingerprint density at radius 2 is 1.84 bits per heavy atom. The molecule has 1 aliphatic heterocycles. The molecule has 1 fully saturated rings. The Bertz CT molecular complexity index is 924. The van der Waals surface area contributed by atoms with Gasteiger partial charge in [0.15, 0.2) is 5.82 Å². The van der Waals surface area contributed by atoms with Crippen molar-refractivity contribution in [1.82, 2.24) is 10.1 Å². The van der Waals surface area contributed by atoms with Gasteiger partial charge in [0.2, 0.25) is 5.91 Å². The SMILES string of the molecule is O=C1CC(c2noc(-c3ccc(F)cc3)n2)CN1c1ccccc1F. The molecular weight excluding hydrogens is 328 g/mol. The van der Waals surface area contributed by atoms with Crippen LogP contribution in [0.3, 0.4) is 0 Å². The van der Waals surface area contributed by atoms with Crippen molar-refractivity contribution < 1.29 is 18.1 Å². The highest BCUT2D eigenvalue weighted by molar-refractivity contribution is 5.96. The number of nitrogens with zero attached hydrogens (tertiary/aromatic N) is 3. The summed E-state index contributed by atoms with van der Waals surface area (Å²) in [5.41, 5.74) is 0.840. The van der Waals surface area contributed by atoms with Gasteiger partial charge in [-0.15, -0.1) is 0 Å². The van der Waals surface area contributed by atoms with E-state index in [0.717, 1.165) is 0 Å². The molecule has 0 aliphatic carbocycles. The van der Waals surface area contributed by atoms with Crippen LogP contribution >= 0.6 is 0 Å². The van der Waals surface area contributed by atoms with Gasteiger partial charge in [0.05, 0.1) is 5.69 Å². The van der Waals surface area contributed by atoms with Crippen molar-refractivity contribution in [1.29, 1.82) is 0 Å². The van der Waals surface area contributed by atoms with Crippen LogP contribution in [0.2, 0.25) is 0 Å². The van der Waals surface area contributed by atoms with E-state index in [1.807, 2.05) is 0 Å². The molecule has 0 bridgehead atoms. The first-order chi connectivity index (χ1) is 12.1. The standard InChI is InChI=1S/C18H13F2N3O2/c19-13-7-5-11(6-8-13)18-21-17(22-25-18)12-9-16(24)23(10-12)15-4-2-1-3-14(15)20/h1-8,12H,9-10H2. The summed E-state index contributed by atoms with van der Waals surface area (Å²) in [6, 6.07) is 11.8. The summed E-state index contributed by atoms with van der Waals surface area (Å²) in [4.78, 5) is 18.0. The molecule has 0 spiro atoms. The van der Waals surface area contributed by atoms with Crippen LogP contribution in [-0.2, 0) is 4.79 Å². The largest absolute Gasteiger partial charge is 0.334 e. The number of halogens is 2. The predicted octanol–water partition coefficient (Wildman–Crippen LogP) is 3.54. The van der Waals surface area contributed by atoms with Crippen LogP contribution in [0.4, 0.5) is 14.5 Å². The first-order valence-electron chi connectivity index (χ1n) is 7.76. The highest BCUT2D eigenvalue weighted by Gasteiger charge is 2.35. The number of aromatic nitrogens is 2. The molecule has 0 radical (unpaired) electrons. The summed E-state index contributed by atoms with van der Waals surface area (Å²) in [5, 5.41) is 3.93. The average molecular weight is 341 g/mol. The molecule has 2 aromatic carbocycles. The van der Waals surface area contributed by atoms with Gasteiger partial charge in [0, 0.05) is 24.4 Å². The van der Waals surface area contributed by atoms with Crippen LogP contribution in [0, 0.1) is 11.6 Å². The molecule has 1 aliphatic rings. The van der Waals surface area contributed by atoms with Crippen molar-refractivity contribution in [3.05, 3.63) is 66.0 Å². The molecule has 1 amide bonds. The minimum atomic E-state index is -0.448. The number of hydrogen-bond donors (Lipinski definition) is 0. The van der Waals surface area contributed by atoms with Crippen molar-refractivity contribution in [3.63, 3.8) is 0 Å². The molecule has 1 saturated heterocycles. The maximum atomic E-state index is 13.9. The van der Waals surface area contributed by atoms with E-state index in [1.54, 1.807) is 18.2 Å². The zero-order chi connectivity index (χ0) is 17.4. The topological polar surface area (TPSA) is 59.2 Å². The fraction of sp³-hybridized carbons (Fsp3) is 0.167. The maximum Gasteiger partial charge on any atom is 0.257 e. The van der Waals surface area contributed by atoms with Crippen LogP contribution in [0.1, 0.15) is 18.2 Å². The fourth-order valence-electron chi connectivity index (χ4n) is 2.89. The Labute approximate surface area is 141 Å². The highest BCUT2D eigenvalue weighted by Crippen LogP contribution is 2.32. The van der Waals surface area contributed by atoms with Gasteiger partial charge < -0.3 is 9.42 Å². The summed E-state index contributed by atoms with van der Waals surface area (Å²) in [5.74, 6) is -0.645. The zero-order valence-corrected chi connectivity index (χ0v) is 13.0. The van der Waals surface area contributed by atoms with Gasteiger partial charge in [0.25, 0.3) is 5.89 Å². The molecule has 3 aromatic rings. The normalized spacial score (nSPS) is 17.3. The summed E-state index contributed by atoms with van der Waals surface area (Å²) in [6.45, 7) is 0.280. The number of benzene rings is 2. The zero-order valence-electron chi connectivity index (χ0n) is 13.0. The van der Waals surface area contributed by atoms with Gasteiger partial charge in [-0.05, 0) is 36.4 Å². The van der Waals surface area contributed by atoms with Gasteiger partial charge >= 0.3 is 0 Å². The number of amides is 1. The van der Waals surface area contributed by atoms with Crippen LogP contribution in [0.5, 0.6) is 0 Å². The van der Waals surface area contributed by atoms with E-state index in [-0.39, 0.29) is 42.2 Å². The minimum Gasteiger partial charge on any atom is -0.334 e. The lowest BCUT2D eigenvalue weighted by Gasteiger charge is -2.16. The first-order valence-corrected chi connectivity index (χ1v) is 7.76. The molecule has 1 unspecified atom stereocenters. The van der Waals surface area contributed by atoms with Crippen LogP contribution in [0.15, 0.2) is 53.1 Å². The lowest BCUT2D eigenvalue weighted by molar-refractivity contribution is -0.117. The second kappa shape index (κ2) is 6.08. The summed E-state index contributed by atoms with van der Waals surface area (Å²) < 4.78 is 32.1. The third kappa shape index (κ3) is 2.88. The van der Waals surface area contributed by atoms with Crippen LogP contribution in [-0.4, -0.2) is 22.6 Å². The van der Waals surface area contributed by atoms with Crippen molar-refractivity contribution in [2.45, 2.75) is 12.3 Å². The average Bonchev–Trinajstić information content (AvgIpc) is 3.23. The van der Waals surface area contributed by atoms with E-state index in [4.69, 9.17) is 4.52 Å². The third-order valence-electron chi connectivity index (χ3n) is 4.17. The quantitative estimate of drug-likeness (QED) is 0.731. The van der Waals surface area contributed by atoms with E-state index < -0.39 is 5.82 Å². The molecule has 7 heteroatoms. The molecule has 1 aromatic heterocycles. The first kappa shape index (κ1) is 15.4. The number of anilines is 1. The molecule has 1 atom stereocenters. The van der Waals surface area contributed by atoms with E-state index in [1.165, 1.54) is 35.2 Å². The van der Waals surface area contributed by atoms with Gasteiger partial charge in [-0.2, -0.15) is 4.98 Å². The molecule has 0 saturated carbocycles. The molecule has 4 rings (SSSR count). The fourth-order valence-corrected chi connectivity index (χ4v) is 2.89. The second-order valence-corrected chi connectivity index (χ2v) is 5.82. The smallest absolute Gasteiger partial charge is 0.257 e. The molecule has 126 valence electrons. The Hall–Kier alpha value is -3.09. The maximum absolute atomic E-state index is 13.9. The molecule has 2 heterocycles. The van der Waals surface area contributed by atoms with Crippen molar-refractivity contribution in [2.75, 3.05) is 11.4 Å². The Kier molecular flexibility index (Phi) is 3.76. The predicted molar refractivity (Wildman–Crippen MR) is 85.8 cm³/mol. The lowest BCUT2D eigenvalue weighted by Crippen LogP contribution is -2.25. The second-order valence-electron chi connectivity index (χ2n) is 5.82. The van der Waals surface area contributed by atoms with Crippen LogP contribution in [0.25, 0.3) is 11.5 Å². The molecule has 25 heavy (non-hydrogen) atoms. The number of carbonyl (C=O) groups excluding carboxylic acids is 1. The minimum absolute atomic E-state index is 0.177. The van der Waals surface area contributed by atoms with Gasteiger partial charge in [-0.1, -0.05) is 17.3 Å². The Morgan fingerprint density at radius 1 is 1.08 bits per heavy atom. The summed E-state index contributed by atoms with van der Waals surface area (Å²) >= 11 is 0. The van der Waals surface area contributed by atoms with Crippen molar-refractivity contribution >= 4 is 11.6 Å². The Balaban J connectivity index is 1.57. The van der Waals surface area contributed by atoms with Gasteiger partial charge in [-0.3, -0.25) is 4.79 Å². The van der Waals surface area contributed by atoms with Crippen molar-refractivity contribution in [2.24, 2.45) is 0 Å². The van der Waals surface area contributed by atoms with E-state index in [2.05, 4.69) is 10.1 Å². The molecular formula is C18H13F2N3O2. The van der Waals surface area contributed by atoms with E-state index >= 15 is 0 Å². The number of rotatable bonds is 3. The number of carbonyl (C=O) groups is 1. The number of para-hydroxylation sites is 1. The monoisotopic (exact) mass is 341 g/mol. The highest BCUT2D eigenvalue weighted by atomic mass is 19.1. The summed E-state index contributed by atoms with van der Waals surface area (Å²) in [6.07, 6.45) is 0.177. The summed E-state index contributed by atoms with van der Waals surface area (Å²) in [7, 11) is 0. The molecule has 0 N–H and O–H groups in total. The van der Waals surface area contributed by atoms with Crippen molar-refractivity contribution in [3.8, 4) is 11.5 Å². The Morgan fingerprint density at radius 3 is 2.60 bits per heavy atom. The van der Waals surface area contributed by atoms with E-state index in [0.29, 0.717) is 11.4 Å².